The Morgan fingerprint density at radius 3 is 2.54 bits per heavy atom. The standard InChI is InChI=1S/C21H16N2O3S2/c1-14(24)15-6-5-9-18(13-15)28(25,26)23-17-8-4-7-16(12-17)21-22-19-10-2-3-11-20(19)27-21/h2-13,23H,1H3. The smallest absolute Gasteiger partial charge is 0.261 e. The van der Waals surface area contributed by atoms with E-state index in [0.29, 0.717) is 11.3 Å². The fourth-order valence-corrected chi connectivity index (χ4v) is 4.86. The minimum atomic E-state index is -3.81. The number of carbonyl (C=O) groups is 1. The van der Waals surface area contributed by atoms with Crippen LogP contribution in [0.2, 0.25) is 0 Å². The Morgan fingerprint density at radius 2 is 1.75 bits per heavy atom. The lowest BCUT2D eigenvalue weighted by atomic mass is 10.2. The van der Waals surface area contributed by atoms with E-state index in [1.807, 2.05) is 30.3 Å². The molecule has 5 nitrogen and oxygen atoms in total. The number of hydrogen-bond acceptors (Lipinski definition) is 5. The van der Waals surface area contributed by atoms with Crippen LogP contribution in [0.3, 0.4) is 0 Å². The second-order valence-electron chi connectivity index (χ2n) is 6.26. The first-order valence-corrected chi connectivity index (χ1v) is 10.8. The van der Waals surface area contributed by atoms with E-state index in [-0.39, 0.29) is 10.7 Å². The predicted octanol–water partition coefficient (Wildman–Crippen LogP) is 4.97. The average molecular weight is 409 g/mol. The van der Waals surface area contributed by atoms with Gasteiger partial charge in [-0.3, -0.25) is 9.52 Å². The summed E-state index contributed by atoms with van der Waals surface area (Å²) in [6.45, 7) is 1.40. The summed E-state index contributed by atoms with van der Waals surface area (Å²) in [6, 6.07) is 21.0. The molecule has 0 spiro atoms. The second kappa shape index (κ2) is 7.18. The number of nitrogens with one attached hydrogen (secondary N) is 1. The Kier molecular flexibility index (Phi) is 4.70. The van der Waals surface area contributed by atoms with Gasteiger partial charge in [0.1, 0.15) is 5.01 Å². The summed E-state index contributed by atoms with van der Waals surface area (Å²) in [5.74, 6) is -0.185. The zero-order valence-corrected chi connectivity index (χ0v) is 16.5. The first-order chi connectivity index (χ1) is 13.4. The Balaban J connectivity index is 1.66. The van der Waals surface area contributed by atoms with Crippen LogP contribution in [0.1, 0.15) is 17.3 Å². The highest BCUT2D eigenvalue weighted by Crippen LogP contribution is 2.31. The summed E-state index contributed by atoms with van der Waals surface area (Å²) in [5, 5.41) is 0.820. The van der Waals surface area contributed by atoms with Gasteiger partial charge in [0.2, 0.25) is 0 Å². The van der Waals surface area contributed by atoms with Crippen LogP contribution in [0.4, 0.5) is 5.69 Å². The Morgan fingerprint density at radius 1 is 0.964 bits per heavy atom. The van der Waals surface area contributed by atoms with Crippen LogP contribution in [0.25, 0.3) is 20.8 Å². The molecule has 3 aromatic carbocycles. The number of Topliss-reactive ketones (excluding diaryl/α,β-unsaturated/α-hetero) is 1. The summed E-state index contributed by atoms with van der Waals surface area (Å²) < 4.78 is 29.1. The Hall–Kier alpha value is -3.03. The van der Waals surface area contributed by atoms with Gasteiger partial charge in [0.05, 0.1) is 15.1 Å². The van der Waals surface area contributed by atoms with Gasteiger partial charge >= 0.3 is 0 Å². The lowest BCUT2D eigenvalue weighted by Gasteiger charge is -2.09. The molecule has 7 heteroatoms. The summed E-state index contributed by atoms with van der Waals surface area (Å²) in [5.41, 5.74) is 2.53. The minimum Gasteiger partial charge on any atom is -0.295 e. The van der Waals surface area contributed by atoms with Crippen LogP contribution in [-0.2, 0) is 10.0 Å². The second-order valence-corrected chi connectivity index (χ2v) is 8.97. The van der Waals surface area contributed by atoms with Crippen LogP contribution in [-0.4, -0.2) is 19.2 Å². The van der Waals surface area contributed by atoms with Crippen molar-refractivity contribution in [1.82, 2.24) is 4.98 Å². The van der Waals surface area contributed by atoms with Gasteiger partial charge in [0.15, 0.2) is 5.78 Å². The number of fused-ring (bicyclic) bond motifs is 1. The van der Waals surface area contributed by atoms with Crippen LogP contribution >= 0.6 is 11.3 Å². The molecule has 0 aliphatic rings. The minimum absolute atomic E-state index is 0.0468. The number of rotatable bonds is 5. The summed E-state index contributed by atoms with van der Waals surface area (Å²) in [4.78, 5) is 16.2. The molecule has 28 heavy (non-hydrogen) atoms. The number of thiazole rings is 1. The molecule has 0 unspecified atom stereocenters. The van der Waals surface area contributed by atoms with E-state index in [2.05, 4.69) is 9.71 Å². The van der Waals surface area contributed by atoms with Gasteiger partial charge in [-0.25, -0.2) is 13.4 Å². The molecule has 0 fully saturated rings. The number of aromatic nitrogens is 1. The third-order valence-corrected chi connectivity index (χ3v) is 6.67. The van der Waals surface area contributed by atoms with Gasteiger partial charge < -0.3 is 0 Å². The molecule has 0 aliphatic heterocycles. The summed E-state index contributed by atoms with van der Waals surface area (Å²) in [7, 11) is -3.81. The van der Waals surface area contributed by atoms with Crippen LogP contribution in [0.15, 0.2) is 77.7 Å². The van der Waals surface area contributed by atoms with Crippen LogP contribution in [0.5, 0.6) is 0 Å². The highest BCUT2D eigenvalue weighted by molar-refractivity contribution is 7.92. The van der Waals surface area contributed by atoms with E-state index >= 15 is 0 Å². The van der Waals surface area contributed by atoms with Crippen molar-refractivity contribution in [2.24, 2.45) is 0 Å². The van der Waals surface area contributed by atoms with Crippen molar-refractivity contribution in [1.29, 1.82) is 0 Å². The zero-order chi connectivity index (χ0) is 19.7. The number of sulfonamides is 1. The first-order valence-electron chi connectivity index (χ1n) is 8.52. The maximum Gasteiger partial charge on any atom is 0.261 e. The molecule has 0 radical (unpaired) electrons. The third-order valence-electron chi connectivity index (χ3n) is 4.21. The number of anilines is 1. The number of hydrogen-bond donors (Lipinski definition) is 1. The summed E-state index contributed by atoms with van der Waals surface area (Å²) in [6.07, 6.45) is 0. The lowest BCUT2D eigenvalue weighted by Crippen LogP contribution is -2.13. The quantitative estimate of drug-likeness (QED) is 0.473. The number of ketones is 1. The molecule has 1 heterocycles. The average Bonchev–Trinajstić information content (AvgIpc) is 3.12. The van der Waals surface area contributed by atoms with Crippen molar-refractivity contribution in [3.8, 4) is 10.6 Å². The molecule has 4 aromatic rings. The third kappa shape index (κ3) is 3.67. The first kappa shape index (κ1) is 18.3. The highest BCUT2D eigenvalue weighted by Gasteiger charge is 2.16. The van der Waals surface area contributed by atoms with Gasteiger partial charge in [-0.15, -0.1) is 11.3 Å². The van der Waals surface area contributed by atoms with Gasteiger partial charge in [-0.1, -0.05) is 36.4 Å². The zero-order valence-electron chi connectivity index (χ0n) is 14.9. The molecule has 0 saturated carbocycles. The van der Waals surface area contributed by atoms with Crippen molar-refractivity contribution in [2.75, 3.05) is 4.72 Å². The van der Waals surface area contributed by atoms with Gasteiger partial charge in [0.25, 0.3) is 10.0 Å². The molecule has 140 valence electrons. The summed E-state index contributed by atoms with van der Waals surface area (Å²) >= 11 is 1.55. The van der Waals surface area contributed by atoms with E-state index in [4.69, 9.17) is 0 Å². The van der Waals surface area contributed by atoms with Crippen molar-refractivity contribution < 1.29 is 13.2 Å². The van der Waals surface area contributed by atoms with E-state index < -0.39 is 10.0 Å². The maximum absolute atomic E-state index is 12.7. The fraction of sp³-hybridized carbons (Fsp3) is 0.0476. The fourth-order valence-electron chi connectivity index (χ4n) is 2.81. The maximum atomic E-state index is 12.7. The van der Waals surface area contributed by atoms with E-state index in [1.54, 1.807) is 41.7 Å². The van der Waals surface area contributed by atoms with Crippen molar-refractivity contribution in [3.63, 3.8) is 0 Å². The molecule has 1 N–H and O–H groups in total. The largest absolute Gasteiger partial charge is 0.295 e. The van der Waals surface area contributed by atoms with E-state index in [9.17, 15) is 13.2 Å². The molecule has 0 aliphatic carbocycles. The van der Waals surface area contributed by atoms with Crippen molar-refractivity contribution in [2.45, 2.75) is 11.8 Å². The van der Waals surface area contributed by atoms with E-state index in [0.717, 1.165) is 20.8 Å². The molecule has 4 rings (SSSR count). The number of benzene rings is 3. The normalized spacial score (nSPS) is 11.5. The SMILES string of the molecule is CC(=O)c1cccc(S(=O)(=O)Nc2cccc(-c3nc4ccccc4s3)c2)c1. The van der Waals surface area contributed by atoms with Crippen molar-refractivity contribution in [3.05, 3.63) is 78.4 Å². The molecular weight excluding hydrogens is 392 g/mol. The number of nitrogens with zero attached hydrogens (tertiary/aromatic N) is 1. The predicted molar refractivity (Wildman–Crippen MR) is 112 cm³/mol. The molecule has 0 bridgehead atoms. The monoisotopic (exact) mass is 408 g/mol. The highest BCUT2D eigenvalue weighted by atomic mass is 32.2. The van der Waals surface area contributed by atoms with Gasteiger partial charge in [-0.2, -0.15) is 0 Å². The molecule has 1 aromatic heterocycles. The number of para-hydroxylation sites is 1. The Bertz CT molecular complexity index is 1260. The number of carbonyl (C=O) groups excluding carboxylic acids is 1. The molecular formula is C21H16N2O3S2. The van der Waals surface area contributed by atoms with Crippen LogP contribution < -0.4 is 4.72 Å². The lowest BCUT2D eigenvalue weighted by molar-refractivity contribution is 0.101. The van der Waals surface area contributed by atoms with Gasteiger partial charge in [0, 0.05) is 16.8 Å². The van der Waals surface area contributed by atoms with E-state index in [1.165, 1.54) is 19.1 Å². The van der Waals surface area contributed by atoms with Gasteiger partial charge in [-0.05, 0) is 43.3 Å². The van der Waals surface area contributed by atoms with Crippen molar-refractivity contribution >= 4 is 43.0 Å². The Labute approximate surface area is 166 Å². The molecule has 0 atom stereocenters. The van der Waals surface area contributed by atoms with Crippen LogP contribution in [0, 0.1) is 0 Å². The topological polar surface area (TPSA) is 76.1 Å². The molecule has 0 amide bonds. The molecule has 0 saturated heterocycles.